The molecule has 88 valence electrons. The molecule has 1 aromatic heterocycles. The van der Waals surface area contributed by atoms with Gasteiger partial charge in [-0.05, 0) is 35.3 Å². The highest BCUT2D eigenvalue weighted by Gasteiger charge is 2.24. The van der Waals surface area contributed by atoms with Gasteiger partial charge in [0.25, 0.3) is 6.43 Å². The van der Waals surface area contributed by atoms with Crippen molar-refractivity contribution in [2.45, 2.75) is 20.3 Å². The standard InChI is InChI=1S/C10H10BrF2NO2/c1-3-16-10(15)6-7(11)5(2)4-14-8(6)9(12)13/h4,9H,3H2,1-2H3. The van der Waals surface area contributed by atoms with Crippen LogP contribution in [0.4, 0.5) is 8.78 Å². The lowest BCUT2D eigenvalue weighted by molar-refractivity contribution is 0.0512. The summed E-state index contributed by atoms with van der Waals surface area (Å²) in [4.78, 5) is 15.1. The van der Waals surface area contributed by atoms with Gasteiger partial charge in [-0.3, -0.25) is 4.98 Å². The predicted octanol–water partition coefficient (Wildman–Crippen LogP) is 3.27. The molecule has 0 amide bonds. The van der Waals surface area contributed by atoms with Gasteiger partial charge < -0.3 is 4.74 Å². The van der Waals surface area contributed by atoms with Crippen molar-refractivity contribution >= 4 is 21.9 Å². The van der Waals surface area contributed by atoms with Gasteiger partial charge in [0, 0.05) is 10.7 Å². The van der Waals surface area contributed by atoms with E-state index in [0.29, 0.717) is 10.0 Å². The van der Waals surface area contributed by atoms with Crippen molar-refractivity contribution in [2.75, 3.05) is 6.61 Å². The number of alkyl halides is 2. The average molecular weight is 294 g/mol. The number of halogens is 3. The lowest BCUT2D eigenvalue weighted by atomic mass is 10.1. The fourth-order valence-corrected chi connectivity index (χ4v) is 1.63. The molecule has 1 rings (SSSR count). The summed E-state index contributed by atoms with van der Waals surface area (Å²) in [6, 6.07) is 0. The number of aromatic nitrogens is 1. The summed E-state index contributed by atoms with van der Waals surface area (Å²) >= 11 is 3.10. The van der Waals surface area contributed by atoms with Crippen molar-refractivity contribution in [3.63, 3.8) is 0 Å². The molecule has 1 heterocycles. The summed E-state index contributed by atoms with van der Waals surface area (Å²) in [6.45, 7) is 3.40. The van der Waals surface area contributed by atoms with Crippen LogP contribution in [0.2, 0.25) is 0 Å². The van der Waals surface area contributed by atoms with Crippen LogP contribution < -0.4 is 0 Å². The van der Waals surface area contributed by atoms with Crippen LogP contribution in [-0.2, 0) is 4.74 Å². The molecular weight excluding hydrogens is 284 g/mol. The number of esters is 1. The summed E-state index contributed by atoms with van der Waals surface area (Å²) in [7, 11) is 0. The number of ether oxygens (including phenoxy) is 1. The zero-order chi connectivity index (χ0) is 12.3. The Morgan fingerprint density at radius 3 is 2.75 bits per heavy atom. The van der Waals surface area contributed by atoms with E-state index in [1.165, 1.54) is 6.20 Å². The third kappa shape index (κ3) is 2.55. The highest BCUT2D eigenvalue weighted by molar-refractivity contribution is 9.10. The first kappa shape index (κ1) is 13.0. The van der Waals surface area contributed by atoms with Crippen LogP contribution in [0.25, 0.3) is 0 Å². The Hall–Kier alpha value is -1.04. The molecule has 16 heavy (non-hydrogen) atoms. The van der Waals surface area contributed by atoms with Crippen LogP contribution in [0.1, 0.15) is 35.0 Å². The second-order valence-corrected chi connectivity index (χ2v) is 3.83. The summed E-state index contributed by atoms with van der Waals surface area (Å²) < 4.78 is 30.3. The van der Waals surface area contributed by atoms with Gasteiger partial charge in [0.2, 0.25) is 0 Å². The van der Waals surface area contributed by atoms with E-state index in [2.05, 4.69) is 20.9 Å². The molecule has 0 aliphatic heterocycles. The number of rotatable bonds is 3. The number of hydrogen-bond acceptors (Lipinski definition) is 3. The van der Waals surface area contributed by atoms with Crippen LogP contribution in [-0.4, -0.2) is 17.6 Å². The second-order valence-electron chi connectivity index (χ2n) is 3.04. The minimum absolute atomic E-state index is 0.127. The Morgan fingerprint density at radius 1 is 1.62 bits per heavy atom. The summed E-state index contributed by atoms with van der Waals surface area (Å²) in [5, 5.41) is 0. The molecule has 0 aliphatic carbocycles. The van der Waals surface area contributed by atoms with Gasteiger partial charge in [0.05, 0.1) is 6.61 Å². The molecule has 0 aromatic carbocycles. The van der Waals surface area contributed by atoms with E-state index in [1.54, 1.807) is 13.8 Å². The summed E-state index contributed by atoms with van der Waals surface area (Å²) in [5.74, 6) is -0.791. The molecule has 0 saturated carbocycles. The predicted molar refractivity (Wildman–Crippen MR) is 57.6 cm³/mol. The Morgan fingerprint density at radius 2 is 2.25 bits per heavy atom. The lowest BCUT2D eigenvalue weighted by Gasteiger charge is -2.10. The van der Waals surface area contributed by atoms with Gasteiger partial charge in [0.15, 0.2) is 0 Å². The molecule has 0 radical (unpaired) electrons. The maximum Gasteiger partial charge on any atom is 0.341 e. The molecule has 0 saturated heterocycles. The molecule has 6 heteroatoms. The van der Waals surface area contributed by atoms with Gasteiger partial charge in [-0.1, -0.05) is 0 Å². The highest BCUT2D eigenvalue weighted by atomic mass is 79.9. The molecular formula is C10H10BrF2NO2. The first-order valence-corrected chi connectivity index (χ1v) is 5.38. The van der Waals surface area contributed by atoms with Gasteiger partial charge >= 0.3 is 5.97 Å². The zero-order valence-electron chi connectivity index (χ0n) is 8.76. The largest absolute Gasteiger partial charge is 0.462 e. The van der Waals surface area contributed by atoms with E-state index in [9.17, 15) is 13.6 Å². The molecule has 0 bridgehead atoms. The minimum Gasteiger partial charge on any atom is -0.462 e. The van der Waals surface area contributed by atoms with Gasteiger partial charge in [-0.15, -0.1) is 0 Å². The lowest BCUT2D eigenvalue weighted by Crippen LogP contribution is -2.12. The van der Waals surface area contributed by atoms with Gasteiger partial charge in [-0.2, -0.15) is 0 Å². The van der Waals surface area contributed by atoms with Crippen molar-refractivity contribution in [3.8, 4) is 0 Å². The second kappa shape index (κ2) is 5.34. The van der Waals surface area contributed by atoms with Gasteiger partial charge in [0.1, 0.15) is 11.3 Å². The first-order chi connectivity index (χ1) is 7.49. The maximum absolute atomic E-state index is 12.6. The third-order valence-electron chi connectivity index (χ3n) is 1.91. The van der Waals surface area contributed by atoms with Crippen molar-refractivity contribution in [2.24, 2.45) is 0 Å². The van der Waals surface area contributed by atoms with Crippen LogP contribution >= 0.6 is 15.9 Å². The molecule has 0 aliphatic rings. The van der Waals surface area contributed by atoms with Crippen molar-refractivity contribution in [3.05, 3.63) is 27.5 Å². The SMILES string of the molecule is CCOC(=O)c1c(C(F)F)ncc(C)c1Br. The fraction of sp³-hybridized carbons (Fsp3) is 0.400. The summed E-state index contributed by atoms with van der Waals surface area (Å²) in [5.41, 5.74) is -0.153. The minimum atomic E-state index is -2.81. The Labute approximate surface area is 99.9 Å². The number of nitrogens with zero attached hydrogens (tertiary/aromatic N) is 1. The van der Waals surface area contributed by atoms with E-state index < -0.39 is 18.1 Å². The maximum atomic E-state index is 12.6. The molecule has 3 nitrogen and oxygen atoms in total. The van der Waals surface area contributed by atoms with Crippen LogP contribution in [0.15, 0.2) is 10.7 Å². The number of aryl methyl sites for hydroxylation is 1. The Bertz CT molecular complexity index is 410. The third-order valence-corrected chi connectivity index (χ3v) is 2.93. The Kier molecular flexibility index (Phi) is 4.35. The van der Waals surface area contributed by atoms with Gasteiger partial charge in [-0.25, -0.2) is 13.6 Å². The number of hydrogen-bond donors (Lipinski definition) is 0. The zero-order valence-corrected chi connectivity index (χ0v) is 10.3. The number of pyridine rings is 1. The molecule has 0 unspecified atom stereocenters. The molecule has 0 fully saturated rings. The van der Waals surface area contributed by atoms with E-state index in [-0.39, 0.29) is 12.2 Å². The molecule has 0 spiro atoms. The normalized spacial score (nSPS) is 10.6. The van der Waals surface area contributed by atoms with Crippen LogP contribution in [0.5, 0.6) is 0 Å². The molecule has 0 N–H and O–H groups in total. The quantitative estimate of drug-likeness (QED) is 0.803. The molecule has 1 aromatic rings. The van der Waals surface area contributed by atoms with Crippen molar-refractivity contribution < 1.29 is 18.3 Å². The average Bonchev–Trinajstić information content (AvgIpc) is 2.21. The van der Waals surface area contributed by atoms with Crippen molar-refractivity contribution in [1.82, 2.24) is 4.98 Å². The highest BCUT2D eigenvalue weighted by Crippen LogP contribution is 2.29. The van der Waals surface area contributed by atoms with Crippen LogP contribution in [0.3, 0.4) is 0 Å². The number of carbonyl (C=O) groups is 1. The Balaban J connectivity index is 3.31. The van der Waals surface area contributed by atoms with Crippen molar-refractivity contribution in [1.29, 1.82) is 0 Å². The monoisotopic (exact) mass is 293 g/mol. The van der Waals surface area contributed by atoms with Crippen LogP contribution in [0, 0.1) is 6.92 Å². The topological polar surface area (TPSA) is 39.2 Å². The molecule has 0 atom stereocenters. The summed E-state index contributed by atoms with van der Waals surface area (Å²) in [6.07, 6.45) is -1.52. The van der Waals surface area contributed by atoms with E-state index >= 15 is 0 Å². The van der Waals surface area contributed by atoms with E-state index in [0.717, 1.165) is 0 Å². The fourth-order valence-electron chi connectivity index (χ4n) is 1.16. The van der Waals surface area contributed by atoms with E-state index in [4.69, 9.17) is 4.74 Å². The first-order valence-electron chi connectivity index (χ1n) is 4.59. The van der Waals surface area contributed by atoms with E-state index in [1.807, 2.05) is 0 Å². The smallest absolute Gasteiger partial charge is 0.341 e. The number of carbonyl (C=O) groups excluding carboxylic acids is 1.